The van der Waals surface area contributed by atoms with Crippen LogP contribution in [0.1, 0.15) is 19.3 Å². The number of nitrogens with zero attached hydrogens (tertiary/aromatic N) is 3. The van der Waals surface area contributed by atoms with Crippen LogP contribution in [-0.2, 0) is 0 Å². The highest BCUT2D eigenvalue weighted by molar-refractivity contribution is 5.68. The first-order chi connectivity index (χ1) is 10.1. The van der Waals surface area contributed by atoms with Crippen LogP contribution in [-0.4, -0.2) is 16.1 Å². The smallest absolute Gasteiger partial charge is 0.272 e. The number of nitro benzene ring substituents is 2. The van der Waals surface area contributed by atoms with Gasteiger partial charge in [-0.3, -0.25) is 25.7 Å². The summed E-state index contributed by atoms with van der Waals surface area (Å²) in [6, 6.07) is 3.41. The van der Waals surface area contributed by atoms with Crippen LogP contribution < -0.4 is 5.43 Å². The molecule has 0 aliphatic heterocycles. The second kappa shape index (κ2) is 6.60. The van der Waals surface area contributed by atoms with Crippen LogP contribution in [0.4, 0.5) is 17.1 Å². The molecular weight excluding hydrogens is 276 g/mol. The lowest BCUT2D eigenvalue weighted by atomic mass is 9.96. The normalized spacial score (nSPS) is 17.8. The van der Waals surface area contributed by atoms with Crippen LogP contribution >= 0.6 is 0 Å². The fourth-order valence-corrected chi connectivity index (χ4v) is 2.04. The molecule has 1 aromatic carbocycles. The lowest BCUT2D eigenvalue weighted by molar-refractivity contribution is -0.393. The minimum atomic E-state index is -0.672. The molecule has 0 fully saturated rings. The molecule has 0 saturated carbocycles. The van der Waals surface area contributed by atoms with Gasteiger partial charge in [0.2, 0.25) is 0 Å². The van der Waals surface area contributed by atoms with Gasteiger partial charge in [-0.25, -0.2) is 0 Å². The molecule has 2 rings (SSSR count). The van der Waals surface area contributed by atoms with Crippen molar-refractivity contribution in [1.29, 1.82) is 0 Å². The molecule has 0 aromatic heterocycles. The summed E-state index contributed by atoms with van der Waals surface area (Å²) in [7, 11) is 0. The summed E-state index contributed by atoms with van der Waals surface area (Å²) in [5, 5.41) is 25.6. The van der Waals surface area contributed by atoms with Gasteiger partial charge in [0.25, 0.3) is 5.69 Å². The third-order valence-corrected chi connectivity index (χ3v) is 3.17. The van der Waals surface area contributed by atoms with Crippen molar-refractivity contribution in [2.75, 3.05) is 5.43 Å². The predicted octanol–water partition coefficient (Wildman–Crippen LogP) is 3.26. The second-order valence-electron chi connectivity index (χ2n) is 4.65. The Morgan fingerprint density at radius 2 is 2.05 bits per heavy atom. The maximum absolute atomic E-state index is 10.9. The average Bonchev–Trinajstić information content (AvgIpc) is 2.48. The highest BCUT2D eigenvalue weighted by Crippen LogP contribution is 2.29. The first-order valence-electron chi connectivity index (χ1n) is 6.45. The SMILES string of the molecule is O=[N+]([O-])c1ccc(NN=CC2CC=CCC2)c([N+](=O)[O-])c1. The third-order valence-electron chi connectivity index (χ3n) is 3.17. The van der Waals surface area contributed by atoms with Gasteiger partial charge in [0, 0.05) is 12.3 Å². The Kier molecular flexibility index (Phi) is 4.60. The lowest BCUT2D eigenvalue weighted by Gasteiger charge is -2.11. The maximum Gasteiger partial charge on any atom is 0.301 e. The van der Waals surface area contributed by atoms with E-state index < -0.39 is 9.85 Å². The molecule has 8 nitrogen and oxygen atoms in total. The van der Waals surface area contributed by atoms with Crippen molar-refractivity contribution in [3.05, 3.63) is 50.6 Å². The Labute approximate surface area is 120 Å². The Morgan fingerprint density at radius 1 is 1.24 bits per heavy atom. The van der Waals surface area contributed by atoms with Gasteiger partial charge in [0.05, 0.1) is 15.9 Å². The molecule has 21 heavy (non-hydrogen) atoms. The molecule has 0 amide bonds. The first-order valence-corrected chi connectivity index (χ1v) is 6.45. The summed E-state index contributed by atoms with van der Waals surface area (Å²) in [5.74, 6) is 0.305. The van der Waals surface area contributed by atoms with E-state index in [1.807, 2.05) is 0 Å². The number of hydrazone groups is 1. The van der Waals surface area contributed by atoms with E-state index in [-0.39, 0.29) is 17.1 Å². The van der Waals surface area contributed by atoms with Gasteiger partial charge in [-0.15, -0.1) is 0 Å². The molecule has 110 valence electrons. The Balaban J connectivity index is 2.11. The van der Waals surface area contributed by atoms with E-state index in [1.54, 1.807) is 6.21 Å². The van der Waals surface area contributed by atoms with Gasteiger partial charge in [-0.1, -0.05) is 12.2 Å². The number of nitro groups is 2. The van der Waals surface area contributed by atoms with Gasteiger partial charge in [-0.2, -0.15) is 5.10 Å². The monoisotopic (exact) mass is 290 g/mol. The number of hydrogen-bond acceptors (Lipinski definition) is 6. The summed E-state index contributed by atoms with van der Waals surface area (Å²) in [4.78, 5) is 20.2. The molecule has 1 aliphatic rings. The van der Waals surface area contributed by atoms with E-state index in [0.29, 0.717) is 5.92 Å². The van der Waals surface area contributed by atoms with Gasteiger partial charge < -0.3 is 0 Å². The van der Waals surface area contributed by atoms with Crippen LogP contribution in [0.3, 0.4) is 0 Å². The highest BCUT2D eigenvalue weighted by atomic mass is 16.6. The molecule has 1 unspecified atom stereocenters. The van der Waals surface area contributed by atoms with Crippen LogP contribution in [0.5, 0.6) is 0 Å². The standard InChI is InChI=1S/C13H14N4O4/c18-16(19)11-6-7-12(13(8-11)17(20)21)15-14-9-10-4-2-1-3-5-10/h1-2,6-10,15H,3-5H2. The van der Waals surface area contributed by atoms with Crippen molar-refractivity contribution in [3.63, 3.8) is 0 Å². The quantitative estimate of drug-likeness (QED) is 0.387. The highest BCUT2D eigenvalue weighted by Gasteiger charge is 2.19. The Morgan fingerprint density at radius 3 is 2.67 bits per heavy atom. The summed E-state index contributed by atoms with van der Waals surface area (Å²) >= 11 is 0. The van der Waals surface area contributed by atoms with E-state index in [1.165, 1.54) is 12.1 Å². The van der Waals surface area contributed by atoms with Crippen molar-refractivity contribution in [3.8, 4) is 0 Å². The fourth-order valence-electron chi connectivity index (χ4n) is 2.04. The van der Waals surface area contributed by atoms with Crippen LogP contribution in [0.2, 0.25) is 0 Å². The lowest BCUT2D eigenvalue weighted by Crippen LogP contribution is -2.05. The van der Waals surface area contributed by atoms with Crippen molar-refractivity contribution in [2.24, 2.45) is 11.0 Å². The predicted molar refractivity (Wildman–Crippen MR) is 78.3 cm³/mol. The molecule has 0 heterocycles. The van der Waals surface area contributed by atoms with Crippen molar-refractivity contribution in [1.82, 2.24) is 0 Å². The summed E-state index contributed by atoms with van der Waals surface area (Å²) in [5.41, 5.74) is 2.03. The van der Waals surface area contributed by atoms with Crippen molar-refractivity contribution >= 4 is 23.3 Å². The first kappa shape index (κ1) is 14.6. The zero-order valence-corrected chi connectivity index (χ0v) is 11.1. The molecule has 8 heteroatoms. The molecule has 0 bridgehead atoms. The largest absolute Gasteiger partial charge is 0.301 e. The zero-order chi connectivity index (χ0) is 15.2. The number of non-ortho nitro benzene ring substituents is 1. The fraction of sp³-hybridized carbons (Fsp3) is 0.308. The minimum Gasteiger partial charge on any atom is -0.272 e. The molecule has 0 saturated heterocycles. The van der Waals surface area contributed by atoms with Crippen LogP contribution in [0.25, 0.3) is 0 Å². The van der Waals surface area contributed by atoms with Gasteiger partial charge in [0.1, 0.15) is 5.69 Å². The van der Waals surface area contributed by atoms with E-state index in [9.17, 15) is 20.2 Å². The molecule has 1 N–H and O–H groups in total. The second-order valence-corrected chi connectivity index (χ2v) is 4.65. The topological polar surface area (TPSA) is 111 Å². The number of allylic oxidation sites excluding steroid dienone is 2. The summed E-state index contributed by atoms with van der Waals surface area (Å²) < 4.78 is 0. The van der Waals surface area contributed by atoms with Crippen molar-refractivity contribution < 1.29 is 9.85 Å². The third kappa shape index (κ3) is 3.85. The number of anilines is 1. The number of rotatable bonds is 5. The van der Waals surface area contributed by atoms with Gasteiger partial charge in [-0.05, 0) is 31.2 Å². The zero-order valence-electron chi connectivity index (χ0n) is 11.1. The van der Waals surface area contributed by atoms with E-state index in [2.05, 4.69) is 22.7 Å². The molecule has 0 radical (unpaired) electrons. The number of hydrogen-bond donors (Lipinski definition) is 1. The molecular formula is C13H14N4O4. The van der Waals surface area contributed by atoms with Crippen molar-refractivity contribution in [2.45, 2.75) is 19.3 Å². The number of benzene rings is 1. The summed E-state index contributed by atoms with van der Waals surface area (Å²) in [6.07, 6.45) is 8.79. The van der Waals surface area contributed by atoms with E-state index in [0.717, 1.165) is 25.3 Å². The van der Waals surface area contributed by atoms with E-state index in [4.69, 9.17) is 0 Å². The summed E-state index contributed by atoms with van der Waals surface area (Å²) in [6.45, 7) is 0. The van der Waals surface area contributed by atoms with Gasteiger partial charge in [0.15, 0.2) is 0 Å². The Bertz CT molecular complexity index is 612. The molecule has 1 aliphatic carbocycles. The van der Waals surface area contributed by atoms with E-state index >= 15 is 0 Å². The molecule has 0 spiro atoms. The van der Waals surface area contributed by atoms with Crippen LogP contribution in [0.15, 0.2) is 35.5 Å². The van der Waals surface area contributed by atoms with Crippen LogP contribution in [0, 0.1) is 26.1 Å². The number of nitrogens with one attached hydrogen (secondary N) is 1. The minimum absolute atomic E-state index is 0.133. The molecule has 1 aromatic rings. The molecule has 1 atom stereocenters. The Hall–Kier alpha value is -2.77. The van der Waals surface area contributed by atoms with Gasteiger partial charge >= 0.3 is 5.69 Å². The maximum atomic E-state index is 10.9. The average molecular weight is 290 g/mol.